The number of rotatable bonds is 7. The number of hydrogen-bond acceptors (Lipinski definition) is 4. The van der Waals surface area contributed by atoms with E-state index in [2.05, 4.69) is 11.0 Å². The lowest BCUT2D eigenvalue weighted by Crippen LogP contribution is -2.48. The van der Waals surface area contributed by atoms with E-state index in [9.17, 15) is 4.79 Å². The van der Waals surface area contributed by atoms with Crippen molar-refractivity contribution in [3.8, 4) is 11.8 Å². The maximum Gasteiger partial charge on any atom is 0.222 e. The Bertz CT molecular complexity index is 760. The van der Waals surface area contributed by atoms with Crippen LogP contribution in [0, 0.1) is 11.3 Å². The molecule has 140 valence electrons. The molecular weight excluding hydrogens is 338 g/mol. The topological polar surface area (TPSA) is 56.6 Å². The number of carbonyl (C=O) groups is 1. The molecule has 1 saturated heterocycles. The molecule has 1 aliphatic heterocycles. The normalized spacial score (nSPS) is 14.6. The Labute approximate surface area is 160 Å². The fourth-order valence-corrected chi connectivity index (χ4v) is 3.19. The van der Waals surface area contributed by atoms with E-state index >= 15 is 0 Å². The third kappa shape index (κ3) is 5.83. The average molecular weight is 363 g/mol. The van der Waals surface area contributed by atoms with Crippen molar-refractivity contribution in [1.82, 2.24) is 9.80 Å². The Balaban J connectivity index is 1.34. The Kier molecular flexibility index (Phi) is 6.84. The Morgan fingerprint density at radius 1 is 1.00 bits per heavy atom. The average Bonchev–Trinajstić information content (AvgIpc) is 2.73. The van der Waals surface area contributed by atoms with E-state index in [1.165, 1.54) is 5.56 Å². The van der Waals surface area contributed by atoms with Gasteiger partial charge in [-0.1, -0.05) is 30.3 Å². The van der Waals surface area contributed by atoms with Crippen molar-refractivity contribution >= 4 is 5.91 Å². The number of amides is 1. The molecule has 3 rings (SSSR count). The summed E-state index contributed by atoms with van der Waals surface area (Å²) < 4.78 is 5.64. The second kappa shape index (κ2) is 9.75. The third-order valence-electron chi connectivity index (χ3n) is 4.76. The summed E-state index contributed by atoms with van der Waals surface area (Å²) in [5, 5.41) is 8.86. The molecule has 0 aliphatic carbocycles. The largest absolute Gasteiger partial charge is 0.494 e. The van der Waals surface area contributed by atoms with Crippen LogP contribution in [-0.2, 0) is 11.3 Å². The first-order valence-electron chi connectivity index (χ1n) is 9.41. The summed E-state index contributed by atoms with van der Waals surface area (Å²) in [6.45, 7) is 4.73. The van der Waals surface area contributed by atoms with Gasteiger partial charge in [0.15, 0.2) is 0 Å². The maximum absolute atomic E-state index is 12.4. The molecule has 0 unspecified atom stereocenters. The number of para-hydroxylation sites is 1. The van der Waals surface area contributed by atoms with Gasteiger partial charge in [0.1, 0.15) is 5.75 Å². The molecule has 5 heteroatoms. The van der Waals surface area contributed by atoms with Crippen molar-refractivity contribution in [2.75, 3.05) is 32.8 Å². The minimum absolute atomic E-state index is 0.213. The fourth-order valence-electron chi connectivity index (χ4n) is 3.19. The van der Waals surface area contributed by atoms with Crippen LogP contribution in [0.2, 0.25) is 0 Å². The fraction of sp³-hybridized carbons (Fsp3) is 0.364. The highest BCUT2D eigenvalue weighted by Crippen LogP contribution is 2.12. The van der Waals surface area contributed by atoms with Crippen LogP contribution in [0.5, 0.6) is 5.75 Å². The van der Waals surface area contributed by atoms with Gasteiger partial charge in [0.25, 0.3) is 0 Å². The third-order valence-corrected chi connectivity index (χ3v) is 4.76. The van der Waals surface area contributed by atoms with Gasteiger partial charge in [0, 0.05) is 39.1 Å². The summed E-state index contributed by atoms with van der Waals surface area (Å²) >= 11 is 0. The molecule has 2 aromatic carbocycles. The summed E-state index contributed by atoms with van der Waals surface area (Å²) in [6, 6.07) is 19.5. The molecular formula is C22H25N3O2. The Hall–Kier alpha value is -2.84. The van der Waals surface area contributed by atoms with Gasteiger partial charge in [0.2, 0.25) is 5.91 Å². The van der Waals surface area contributed by atoms with Crippen molar-refractivity contribution in [1.29, 1.82) is 5.26 Å². The van der Waals surface area contributed by atoms with E-state index in [1.54, 1.807) is 0 Å². The molecule has 1 fully saturated rings. The molecule has 2 aromatic rings. The monoisotopic (exact) mass is 363 g/mol. The van der Waals surface area contributed by atoms with Crippen molar-refractivity contribution in [2.45, 2.75) is 19.4 Å². The molecule has 0 saturated carbocycles. The molecule has 1 amide bonds. The number of nitriles is 1. The molecule has 0 bridgehead atoms. The quantitative estimate of drug-likeness (QED) is 0.710. The molecule has 0 N–H and O–H groups in total. The van der Waals surface area contributed by atoms with Crippen LogP contribution in [0.4, 0.5) is 0 Å². The van der Waals surface area contributed by atoms with Crippen LogP contribution in [0.1, 0.15) is 24.0 Å². The van der Waals surface area contributed by atoms with Gasteiger partial charge in [-0.15, -0.1) is 0 Å². The lowest BCUT2D eigenvalue weighted by molar-refractivity contribution is -0.133. The predicted molar refractivity (Wildman–Crippen MR) is 104 cm³/mol. The van der Waals surface area contributed by atoms with Gasteiger partial charge in [0.05, 0.1) is 18.2 Å². The highest BCUT2D eigenvalue weighted by atomic mass is 16.5. The first kappa shape index (κ1) is 18.9. The van der Waals surface area contributed by atoms with Gasteiger partial charge >= 0.3 is 0 Å². The van der Waals surface area contributed by atoms with Gasteiger partial charge in [-0.05, 0) is 36.2 Å². The predicted octanol–water partition coefficient (Wildman–Crippen LogP) is 3.06. The van der Waals surface area contributed by atoms with Crippen LogP contribution >= 0.6 is 0 Å². The number of piperazine rings is 1. The number of carbonyl (C=O) groups excluding carboxylic acids is 1. The van der Waals surface area contributed by atoms with Crippen LogP contribution in [0.15, 0.2) is 54.6 Å². The second-order valence-electron chi connectivity index (χ2n) is 6.73. The second-order valence-corrected chi connectivity index (χ2v) is 6.73. The van der Waals surface area contributed by atoms with Crippen molar-refractivity contribution in [3.05, 3.63) is 65.7 Å². The van der Waals surface area contributed by atoms with Crippen LogP contribution < -0.4 is 4.74 Å². The molecule has 0 radical (unpaired) electrons. The molecule has 1 aliphatic rings. The van der Waals surface area contributed by atoms with E-state index in [0.717, 1.165) is 44.9 Å². The van der Waals surface area contributed by atoms with Crippen LogP contribution in [-0.4, -0.2) is 48.5 Å². The highest BCUT2D eigenvalue weighted by Gasteiger charge is 2.20. The van der Waals surface area contributed by atoms with Gasteiger partial charge in [-0.25, -0.2) is 0 Å². The standard InChI is InChI=1S/C22H25N3O2/c23-17-19-8-10-20(11-9-19)18-24-12-14-25(15-13-24)22(26)7-4-16-27-21-5-2-1-3-6-21/h1-3,5-6,8-11H,4,7,12-16,18H2. The summed E-state index contributed by atoms with van der Waals surface area (Å²) in [7, 11) is 0. The van der Waals surface area contributed by atoms with Crippen LogP contribution in [0.25, 0.3) is 0 Å². The first-order chi connectivity index (χ1) is 13.2. The zero-order valence-corrected chi connectivity index (χ0v) is 15.5. The molecule has 0 aromatic heterocycles. The zero-order chi connectivity index (χ0) is 18.9. The first-order valence-corrected chi connectivity index (χ1v) is 9.41. The smallest absolute Gasteiger partial charge is 0.222 e. The van der Waals surface area contributed by atoms with E-state index in [4.69, 9.17) is 10.00 Å². The van der Waals surface area contributed by atoms with E-state index in [-0.39, 0.29) is 5.91 Å². The van der Waals surface area contributed by atoms with E-state index < -0.39 is 0 Å². The molecule has 27 heavy (non-hydrogen) atoms. The summed E-state index contributed by atoms with van der Waals surface area (Å²) in [4.78, 5) is 16.7. The minimum atomic E-state index is 0.213. The molecule has 1 heterocycles. The molecule has 0 atom stereocenters. The molecule has 5 nitrogen and oxygen atoms in total. The van der Waals surface area contributed by atoms with Crippen molar-refractivity contribution < 1.29 is 9.53 Å². The number of ether oxygens (including phenoxy) is 1. The van der Waals surface area contributed by atoms with E-state index in [1.807, 2.05) is 59.5 Å². The lowest BCUT2D eigenvalue weighted by Gasteiger charge is -2.34. The maximum atomic E-state index is 12.4. The Morgan fingerprint density at radius 2 is 1.70 bits per heavy atom. The lowest BCUT2D eigenvalue weighted by atomic mass is 10.1. The van der Waals surface area contributed by atoms with E-state index in [0.29, 0.717) is 18.6 Å². The SMILES string of the molecule is N#Cc1ccc(CN2CCN(C(=O)CCCOc3ccccc3)CC2)cc1. The number of hydrogen-bond donors (Lipinski definition) is 0. The van der Waals surface area contributed by atoms with Crippen LogP contribution in [0.3, 0.4) is 0 Å². The summed E-state index contributed by atoms with van der Waals surface area (Å²) in [6.07, 6.45) is 1.27. The number of nitrogens with zero attached hydrogens (tertiary/aromatic N) is 3. The summed E-state index contributed by atoms with van der Waals surface area (Å²) in [5.74, 6) is 1.06. The Morgan fingerprint density at radius 3 is 2.37 bits per heavy atom. The van der Waals surface area contributed by atoms with Crippen molar-refractivity contribution in [3.63, 3.8) is 0 Å². The van der Waals surface area contributed by atoms with Crippen molar-refractivity contribution in [2.24, 2.45) is 0 Å². The van der Waals surface area contributed by atoms with Gasteiger partial charge < -0.3 is 9.64 Å². The zero-order valence-electron chi connectivity index (χ0n) is 15.5. The minimum Gasteiger partial charge on any atom is -0.494 e. The van der Waals surface area contributed by atoms with Gasteiger partial charge in [-0.2, -0.15) is 5.26 Å². The number of benzene rings is 2. The van der Waals surface area contributed by atoms with Gasteiger partial charge in [-0.3, -0.25) is 9.69 Å². The summed E-state index contributed by atoms with van der Waals surface area (Å²) in [5.41, 5.74) is 1.89. The highest BCUT2D eigenvalue weighted by molar-refractivity contribution is 5.76. The molecule has 0 spiro atoms.